The van der Waals surface area contributed by atoms with Crippen molar-refractivity contribution in [3.63, 3.8) is 0 Å². The molecule has 2 aromatic heterocycles. The molecule has 1 aliphatic carbocycles. The predicted molar refractivity (Wildman–Crippen MR) is 106 cm³/mol. The Hall–Kier alpha value is -2.80. The number of nitrogens with one attached hydrogen (secondary N) is 2. The molecule has 7 nitrogen and oxygen atoms in total. The first-order valence-electron chi connectivity index (χ1n) is 9.22. The third-order valence-corrected chi connectivity index (χ3v) is 5.15. The van der Waals surface area contributed by atoms with E-state index in [1.54, 1.807) is 7.11 Å². The molecule has 0 atom stereocenters. The zero-order valence-corrected chi connectivity index (χ0v) is 16.2. The van der Waals surface area contributed by atoms with E-state index in [-0.39, 0.29) is 18.1 Å². The van der Waals surface area contributed by atoms with Gasteiger partial charge >= 0.3 is 6.01 Å². The third-order valence-electron chi connectivity index (χ3n) is 4.95. The minimum absolute atomic E-state index is 0.0508. The molecule has 1 fully saturated rings. The van der Waals surface area contributed by atoms with Gasteiger partial charge in [0.05, 0.1) is 24.5 Å². The summed E-state index contributed by atoms with van der Waals surface area (Å²) in [6, 6.07) is 8.01. The molecule has 0 aliphatic heterocycles. The van der Waals surface area contributed by atoms with Crippen LogP contribution < -0.4 is 14.8 Å². The summed E-state index contributed by atoms with van der Waals surface area (Å²) in [7, 11) is 1.62. The Labute approximate surface area is 167 Å². The summed E-state index contributed by atoms with van der Waals surface area (Å²) >= 11 is 5.78. The molecular weight excluding hydrogens is 380 g/mol. The Kier molecular flexibility index (Phi) is 5.34. The number of fused-ring (bicyclic) bond motifs is 1. The number of halogens is 1. The highest BCUT2D eigenvalue weighted by Crippen LogP contribution is 2.24. The van der Waals surface area contributed by atoms with Gasteiger partial charge in [-0.2, -0.15) is 0 Å². The average Bonchev–Trinajstić information content (AvgIpc) is 3.14. The number of H-pyrrole nitrogens is 1. The van der Waals surface area contributed by atoms with Crippen LogP contribution in [0.3, 0.4) is 0 Å². The zero-order valence-electron chi connectivity index (χ0n) is 15.4. The lowest BCUT2D eigenvalue weighted by Gasteiger charge is -2.28. The maximum atomic E-state index is 12.6. The molecule has 0 unspecified atom stereocenters. The molecule has 28 heavy (non-hydrogen) atoms. The number of rotatable bonds is 5. The van der Waals surface area contributed by atoms with Gasteiger partial charge in [0.25, 0.3) is 5.91 Å². The van der Waals surface area contributed by atoms with Crippen LogP contribution in [-0.4, -0.2) is 40.1 Å². The second-order valence-electron chi connectivity index (χ2n) is 6.88. The second-order valence-corrected chi connectivity index (χ2v) is 7.32. The van der Waals surface area contributed by atoms with Gasteiger partial charge in [-0.05, 0) is 43.9 Å². The molecule has 1 aliphatic rings. The fourth-order valence-corrected chi connectivity index (χ4v) is 3.55. The molecular formula is C20H21ClN4O3. The molecule has 1 saturated carbocycles. The number of ether oxygens (including phenoxy) is 2. The fraction of sp³-hybridized carbons (Fsp3) is 0.350. The molecule has 3 aromatic rings. The van der Waals surface area contributed by atoms with E-state index in [2.05, 4.69) is 20.3 Å². The Morgan fingerprint density at radius 2 is 1.93 bits per heavy atom. The first kappa shape index (κ1) is 18.6. The summed E-state index contributed by atoms with van der Waals surface area (Å²) in [5.74, 6) is 0.657. The summed E-state index contributed by atoms with van der Waals surface area (Å²) < 4.78 is 11.0. The molecule has 0 spiro atoms. The number of methoxy groups -OCH3 is 1. The van der Waals surface area contributed by atoms with Crippen molar-refractivity contribution in [1.82, 2.24) is 20.3 Å². The highest BCUT2D eigenvalue weighted by Gasteiger charge is 2.25. The highest BCUT2D eigenvalue weighted by molar-refractivity contribution is 6.30. The minimum atomic E-state index is -0.0967. The zero-order chi connectivity index (χ0) is 19.5. The number of carbonyl (C=O) groups excluding carboxylic acids is 1. The van der Waals surface area contributed by atoms with Gasteiger partial charge in [-0.3, -0.25) is 4.79 Å². The van der Waals surface area contributed by atoms with Crippen LogP contribution in [-0.2, 0) is 0 Å². The van der Waals surface area contributed by atoms with E-state index < -0.39 is 0 Å². The maximum absolute atomic E-state index is 12.6. The van der Waals surface area contributed by atoms with Crippen LogP contribution in [0.25, 0.3) is 10.9 Å². The number of amides is 1. The topological polar surface area (TPSA) is 89.1 Å². The van der Waals surface area contributed by atoms with Crippen molar-refractivity contribution in [1.29, 1.82) is 0 Å². The van der Waals surface area contributed by atoms with E-state index in [1.165, 1.54) is 12.4 Å². The summed E-state index contributed by atoms with van der Waals surface area (Å²) in [5.41, 5.74) is 1.43. The van der Waals surface area contributed by atoms with Gasteiger partial charge in [-0.25, -0.2) is 9.97 Å². The summed E-state index contributed by atoms with van der Waals surface area (Å²) in [5, 5.41) is 4.57. The van der Waals surface area contributed by atoms with Crippen LogP contribution in [0.1, 0.15) is 36.2 Å². The van der Waals surface area contributed by atoms with Gasteiger partial charge in [0.15, 0.2) is 0 Å². The number of aromatic amines is 1. The second kappa shape index (κ2) is 8.06. The highest BCUT2D eigenvalue weighted by atomic mass is 35.5. The predicted octanol–water partition coefficient (Wildman–Crippen LogP) is 3.74. The van der Waals surface area contributed by atoms with Gasteiger partial charge in [0.1, 0.15) is 17.5 Å². The third kappa shape index (κ3) is 4.20. The van der Waals surface area contributed by atoms with E-state index in [4.69, 9.17) is 21.1 Å². The SMILES string of the molecule is COc1ccc2cc(C(=O)NC3CCC(Oc4ncc(Cl)cn4)CC3)[nH]c2c1. The van der Waals surface area contributed by atoms with Crippen LogP contribution in [0.4, 0.5) is 0 Å². The number of hydrogen-bond acceptors (Lipinski definition) is 5. The smallest absolute Gasteiger partial charge is 0.316 e. The van der Waals surface area contributed by atoms with Crippen molar-refractivity contribution in [2.24, 2.45) is 0 Å². The van der Waals surface area contributed by atoms with Crippen molar-refractivity contribution in [3.8, 4) is 11.8 Å². The van der Waals surface area contributed by atoms with Crippen LogP contribution in [0.5, 0.6) is 11.8 Å². The molecule has 8 heteroatoms. The quantitative estimate of drug-likeness (QED) is 0.681. The largest absolute Gasteiger partial charge is 0.497 e. The van der Waals surface area contributed by atoms with Crippen LogP contribution in [0, 0.1) is 0 Å². The normalized spacial score (nSPS) is 19.4. The summed E-state index contributed by atoms with van der Waals surface area (Å²) in [6.07, 6.45) is 6.45. The monoisotopic (exact) mass is 400 g/mol. The molecule has 146 valence electrons. The molecule has 0 bridgehead atoms. The average molecular weight is 401 g/mol. The number of benzene rings is 1. The van der Waals surface area contributed by atoms with Crippen LogP contribution in [0.2, 0.25) is 5.02 Å². The first-order valence-corrected chi connectivity index (χ1v) is 9.60. The van der Waals surface area contributed by atoms with Gasteiger partial charge in [0, 0.05) is 23.0 Å². The molecule has 4 rings (SSSR count). The van der Waals surface area contributed by atoms with Crippen molar-refractivity contribution in [3.05, 3.63) is 47.4 Å². The molecule has 0 radical (unpaired) electrons. The van der Waals surface area contributed by atoms with Gasteiger partial charge in [-0.15, -0.1) is 0 Å². The maximum Gasteiger partial charge on any atom is 0.316 e. The van der Waals surface area contributed by atoms with E-state index in [0.29, 0.717) is 16.7 Å². The summed E-state index contributed by atoms with van der Waals surface area (Å²) in [6.45, 7) is 0. The Balaban J connectivity index is 1.31. The van der Waals surface area contributed by atoms with Gasteiger partial charge < -0.3 is 19.8 Å². The lowest BCUT2D eigenvalue weighted by Crippen LogP contribution is -2.39. The lowest BCUT2D eigenvalue weighted by atomic mass is 9.93. The molecule has 1 amide bonds. The van der Waals surface area contributed by atoms with Gasteiger partial charge in [-0.1, -0.05) is 11.6 Å². The lowest BCUT2D eigenvalue weighted by molar-refractivity contribution is 0.0881. The van der Waals surface area contributed by atoms with Crippen molar-refractivity contribution in [2.75, 3.05) is 7.11 Å². The van der Waals surface area contributed by atoms with E-state index in [1.807, 2.05) is 24.3 Å². The number of aromatic nitrogens is 3. The Bertz CT molecular complexity index is 965. The fourth-order valence-electron chi connectivity index (χ4n) is 3.45. The molecule has 0 saturated heterocycles. The molecule has 2 N–H and O–H groups in total. The van der Waals surface area contributed by atoms with Gasteiger partial charge in [0.2, 0.25) is 0 Å². The van der Waals surface area contributed by atoms with Crippen LogP contribution in [0.15, 0.2) is 36.7 Å². The standard InChI is InChI=1S/C20H21ClN4O3/c1-27-16-5-2-12-8-18(25-17(12)9-16)19(26)24-14-3-6-15(7-4-14)28-20-22-10-13(21)11-23-20/h2,5,8-11,14-15,25H,3-4,6-7H2,1H3,(H,24,26). The van der Waals surface area contributed by atoms with E-state index in [9.17, 15) is 4.79 Å². The Morgan fingerprint density at radius 3 is 2.64 bits per heavy atom. The molecule has 1 aromatic carbocycles. The number of carbonyl (C=O) groups is 1. The van der Waals surface area contributed by atoms with Crippen molar-refractivity contribution >= 4 is 28.4 Å². The number of nitrogens with zero attached hydrogens (tertiary/aromatic N) is 2. The van der Waals surface area contributed by atoms with Crippen molar-refractivity contribution in [2.45, 2.75) is 37.8 Å². The molecule has 2 heterocycles. The van der Waals surface area contributed by atoms with Crippen LogP contribution >= 0.6 is 11.6 Å². The minimum Gasteiger partial charge on any atom is -0.497 e. The Morgan fingerprint density at radius 1 is 1.18 bits per heavy atom. The van der Waals surface area contributed by atoms with E-state index >= 15 is 0 Å². The first-order chi connectivity index (χ1) is 13.6. The van der Waals surface area contributed by atoms with Crippen molar-refractivity contribution < 1.29 is 14.3 Å². The van der Waals surface area contributed by atoms with E-state index in [0.717, 1.165) is 42.3 Å². The number of hydrogen-bond donors (Lipinski definition) is 2. The summed E-state index contributed by atoms with van der Waals surface area (Å²) in [4.78, 5) is 23.9.